The average Bonchev–Trinajstić information content (AvgIpc) is 3.23. The van der Waals surface area contributed by atoms with Crippen molar-refractivity contribution in [1.82, 2.24) is 4.31 Å². The monoisotopic (exact) mass is 491 g/mol. The molecule has 1 heterocycles. The van der Waals surface area contributed by atoms with Crippen molar-refractivity contribution in [3.05, 3.63) is 89.5 Å². The quantitative estimate of drug-likeness (QED) is 0.539. The maximum atomic E-state index is 12.9. The van der Waals surface area contributed by atoms with Crippen molar-refractivity contribution in [2.75, 3.05) is 23.8 Å². The average molecular weight is 492 g/mol. The Morgan fingerprint density at radius 1 is 1.00 bits per heavy atom. The first-order chi connectivity index (χ1) is 16.7. The number of rotatable bonds is 7. The van der Waals surface area contributed by atoms with Crippen molar-refractivity contribution in [3.8, 4) is 0 Å². The first kappa shape index (κ1) is 24.6. The summed E-state index contributed by atoms with van der Waals surface area (Å²) in [4.78, 5) is 27.3. The van der Waals surface area contributed by atoms with Crippen molar-refractivity contribution < 1.29 is 18.0 Å². The molecule has 7 nitrogen and oxygen atoms in total. The lowest BCUT2D eigenvalue weighted by Gasteiger charge is -2.20. The van der Waals surface area contributed by atoms with Crippen LogP contribution in [0.25, 0.3) is 0 Å². The molecule has 0 aromatic heterocycles. The summed E-state index contributed by atoms with van der Waals surface area (Å²) in [6.07, 6.45) is 0.135. The third-order valence-electron chi connectivity index (χ3n) is 6.44. The topological polar surface area (TPSA) is 86.8 Å². The largest absolute Gasteiger partial charge is 0.326 e. The summed E-state index contributed by atoms with van der Waals surface area (Å²) < 4.78 is 27.2. The number of nitrogens with one attached hydrogen (secondary N) is 1. The highest BCUT2D eigenvalue weighted by atomic mass is 32.2. The Labute approximate surface area is 206 Å². The van der Waals surface area contributed by atoms with Crippen LogP contribution in [0.5, 0.6) is 0 Å². The molecule has 3 aromatic carbocycles. The number of sulfonamides is 1. The second-order valence-corrected chi connectivity index (χ2v) is 10.9. The minimum atomic E-state index is -3.68. The molecule has 2 amide bonds. The van der Waals surface area contributed by atoms with Crippen LogP contribution in [0.4, 0.5) is 11.4 Å². The van der Waals surface area contributed by atoms with Gasteiger partial charge in [0.1, 0.15) is 0 Å². The lowest BCUT2D eigenvalue weighted by molar-refractivity contribution is -0.122. The molecule has 1 atom stereocenters. The molecule has 4 rings (SSSR count). The molecule has 1 N–H and O–H groups in total. The molecule has 0 spiro atoms. The zero-order chi connectivity index (χ0) is 25.2. The fourth-order valence-electron chi connectivity index (χ4n) is 4.20. The van der Waals surface area contributed by atoms with E-state index in [1.54, 1.807) is 17.0 Å². The van der Waals surface area contributed by atoms with Crippen LogP contribution in [0.1, 0.15) is 23.1 Å². The summed E-state index contributed by atoms with van der Waals surface area (Å²) in [5, 5.41) is 2.82. The van der Waals surface area contributed by atoms with Gasteiger partial charge in [-0.25, -0.2) is 8.42 Å². The van der Waals surface area contributed by atoms with E-state index >= 15 is 0 Å². The van der Waals surface area contributed by atoms with Gasteiger partial charge in [-0.3, -0.25) is 9.59 Å². The fraction of sp³-hybridized carbons (Fsp3) is 0.259. The maximum absolute atomic E-state index is 12.9. The molecular weight excluding hydrogens is 462 g/mol. The third-order valence-corrected chi connectivity index (χ3v) is 8.26. The molecular formula is C27H29N3O4S. The van der Waals surface area contributed by atoms with Crippen LogP contribution in [0.15, 0.2) is 77.7 Å². The molecule has 1 aliphatic heterocycles. The van der Waals surface area contributed by atoms with E-state index in [9.17, 15) is 18.0 Å². The summed E-state index contributed by atoms with van der Waals surface area (Å²) in [7, 11) is -2.14. The van der Waals surface area contributed by atoms with Gasteiger partial charge in [0.25, 0.3) is 0 Å². The molecule has 182 valence electrons. The van der Waals surface area contributed by atoms with E-state index < -0.39 is 15.9 Å². The van der Waals surface area contributed by atoms with Crippen LogP contribution >= 0.6 is 0 Å². The van der Waals surface area contributed by atoms with Gasteiger partial charge in [-0.1, -0.05) is 42.5 Å². The predicted octanol–water partition coefficient (Wildman–Crippen LogP) is 4.12. The van der Waals surface area contributed by atoms with E-state index in [1.165, 1.54) is 23.5 Å². The summed E-state index contributed by atoms with van der Waals surface area (Å²) in [6.45, 7) is 4.53. The minimum Gasteiger partial charge on any atom is -0.326 e. The number of anilines is 2. The number of carbonyl (C=O) groups is 2. The zero-order valence-corrected chi connectivity index (χ0v) is 20.9. The van der Waals surface area contributed by atoms with Crippen molar-refractivity contribution in [2.24, 2.45) is 5.92 Å². The number of hydrogen-bond acceptors (Lipinski definition) is 4. The van der Waals surface area contributed by atoms with E-state index in [0.717, 1.165) is 22.4 Å². The third kappa shape index (κ3) is 5.28. The summed E-state index contributed by atoms with van der Waals surface area (Å²) >= 11 is 0. The van der Waals surface area contributed by atoms with E-state index in [2.05, 4.69) is 5.32 Å². The first-order valence-electron chi connectivity index (χ1n) is 11.4. The summed E-state index contributed by atoms with van der Waals surface area (Å²) in [5.41, 5.74) is 4.32. The molecule has 0 aliphatic carbocycles. The molecule has 35 heavy (non-hydrogen) atoms. The van der Waals surface area contributed by atoms with Gasteiger partial charge in [-0.2, -0.15) is 4.31 Å². The molecule has 0 saturated carbocycles. The molecule has 3 aromatic rings. The van der Waals surface area contributed by atoms with E-state index in [0.29, 0.717) is 12.2 Å². The maximum Gasteiger partial charge on any atom is 0.243 e. The number of carbonyl (C=O) groups excluding carboxylic acids is 2. The van der Waals surface area contributed by atoms with E-state index in [1.807, 2.05) is 62.4 Å². The molecule has 1 aliphatic rings. The fourth-order valence-corrected chi connectivity index (χ4v) is 5.36. The number of hydrogen-bond donors (Lipinski definition) is 1. The van der Waals surface area contributed by atoms with Gasteiger partial charge >= 0.3 is 0 Å². The Bertz CT molecular complexity index is 1340. The Hall–Kier alpha value is -3.49. The highest BCUT2D eigenvalue weighted by molar-refractivity contribution is 7.89. The Balaban J connectivity index is 1.41. The number of amides is 2. The number of aryl methyl sites for hydroxylation is 1. The van der Waals surface area contributed by atoms with Crippen molar-refractivity contribution in [3.63, 3.8) is 0 Å². The van der Waals surface area contributed by atoms with Crippen LogP contribution in [0.2, 0.25) is 0 Å². The van der Waals surface area contributed by atoms with Gasteiger partial charge in [0, 0.05) is 37.9 Å². The second kappa shape index (κ2) is 10.0. The van der Waals surface area contributed by atoms with Crippen LogP contribution in [0.3, 0.4) is 0 Å². The number of benzene rings is 3. The van der Waals surface area contributed by atoms with Gasteiger partial charge < -0.3 is 10.2 Å². The van der Waals surface area contributed by atoms with Gasteiger partial charge in [0.15, 0.2) is 0 Å². The molecule has 1 fully saturated rings. The van der Waals surface area contributed by atoms with Crippen molar-refractivity contribution in [2.45, 2.75) is 31.7 Å². The molecule has 0 radical (unpaired) electrons. The molecule has 0 bridgehead atoms. The van der Waals surface area contributed by atoms with Gasteiger partial charge in [0.2, 0.25) is 21.8 Å². The van der Waals surface area contributed by atoms with Gasteiger partial charge in [-0.05, 0) is 60.9 Å². The molecule has 8 heteroatoms. The zero-order valence-electron chi connectivity index (χ0n) is 20.1. The lowest BCUT2D eigenvalue weighted by atomic mass is 10.1. The van der Waals surface area contributed by atoms with Gasteiger partial charge in [0.05, 0.1) is 10.8 Å². The van der Waals surface area contributed by atoms with Crippen LogP contribution in [0, 0.1) is 19.8 Å². The van der Waals surface area contributed by atoms with E-state index in [-0.39, 0.29) is 29.7 Å². The standard InChI is InChI=1S/C27H29N3O4S/c1-19-8-7-11-25(20(19)2)30-18-22(16-26(30)31)27(32)28-23-12-14-24(15-13-23)35(33,34)29(3)17-21-9-5-4-6-10-21/h4-15,22H,16-18H2,1-3H3,(H,28,32). The summed E-state index contributed by atoms with van der Waals surface area (Å²) in [5.74, 6) is -0.826. The van der Waals surface area contributed by atoms with E-state index in [4.69, 9.17) is 0 Å². The minimum absolute atomic E-state index is 0.0817. The van der Waals surface area contributed by atoms with Crippen LogP contribution in [-0.4, -0.2) is 38.1 Å². The highest BCUT2D eigenvalue weighted by Crippen LogP contribution is 2.30. The predicted molar refractivity (Wildman–Crippen MR) is 137 cm³/mol. The normalized spacial score (nSPS) is 16.1. The molecule has 1 saturated heterocycles. The lowest BCUT2D eigenvalue weighted by Crippen LogP contribution is -2.28. The SMILES string of the molecule is Cc1cccc(N2CC(C(=O)Nc3ccc(S(=O)(=O)N(C)Cc4ccccc4)cc3)CC2=O)c1C. The van der Waals surface area contributed by atoms with Gasteiger partial charge in [-0.15, -0.1) is 0 Å². The van der Waals surface area contributed by atoms with Crippen molar-refractivity contribution in [1.29, 1.82) is 0 Å². The smallest absolute Gasteiger partial charge is 0.243 e. The second-order valence-electron chi connectivity index (χ2n) is 8.88. The van der Waals surface area contributed by atoms with Crippen LogP contribution in [-0.2, 0) is 26.2 Å². The Kier molecular flexibility index (Phi) is 7.05. The first-order valence-corrected chi connectivity index (χ1v) is 12.9. The Morgan fingerprint density at radius 3 is 2.37 bits per heavy atom. The highest BCUT2D eigenvalue weighted by Gasteiger charge is 2.36. The summed E-state index contributed by atoms with van der Waals surface area (Å²) in [6, 6.07) is 21.3. The van der Waals surface area contributed by atoms with Crippen molar-refractivity contribution >= 4 is 33.2 Å². The van der Waals surface area contributed by atoms with Crippen LogP contribution < -0.4 is 10.2 Å². The Morgan fingerprint density at radius 2 is 1.69 bits per heavy atom. The number of nitrogens with zero attached hydrogens (tertiary/aromatic N) is 2. The molecule has 1 unspecified atom stereocenters.